The van der Waals surface area contributed by atoms with Gasteiger partial charge in [0.2, 0.25) is 0 Å². The third-order valence-electron chi connectivity index (χ3n) is 2.97. The van der Waals surface area contributed by atoms with E-state index in [-0.39, 0.29) is 0 Å². The van der Waals surface area contributed by atoms with Gasteiger partial charge in [0.25, 0.3) is 0 Å². The summed E-state index contributed by atoms with van der Waals surface area (Å²) >= 11 is 0. The molecule has 0 saturated carbocycles. The van der Waals surface area contributed by atoms with Crippen molar-refractivity contribution in [3.05, 3.63) is 60.7 Å². The van der Waals surface area contributed by atoms with Crippen LogP contribution < -0.4 is 0 Å². The highest BCUT2D eigenvalue weighted by Crippen LogP contribution is 2.30. The molecule has 0 aliphatic heterocycles. The zero-order valence-corrected chi connectivity index (χ0v) is 10.5. The Hall–Kier alpha value is -2.62. The van der Waals surface area contributed by atoms with Gasteiger partial charge in [-0.25, -0.2) is 4.98 Å². The minimum atomic E-state index is 0.678. The van der Waals surface area contributed by atoms with Crippen LogP contribution in [0.3, 0.4) is 0 Å². The average Bonchev–Trinajstić information content (AvgIpc) is 2.82. The summed E-state index contributed by atoms with van der Waals surface area (Å²) < 4.78 is 1.05. The number of hydrogen-bond acceptors (Lipinski definition) is 3. The van der Waals surface area contributed by atoms with Crippen molar-refractivity contribution >= 4 is 0 Å². The molecule has 0 aliphatic carbocycles. The van der Waals surface area contributed by atoms with Crippen molar-refractivity contribution in [3.8, 4) is 22.5 Å². The van der Waals surface area contributed by atoms with Crippen LogP contribution in [0.1, 0.15) is 5.69 Å². The molecule has 0 saturated heterocycles. The zero-order chi connectivity index (χ0) is 13.2. The molecule has 0 radical (unpaired) electrons. The molecule has 94 valence electrons. The number of imidazole rings is 1. The van der Waals surface area contributed by atoms with Gasteiger partial charge in [-0.3, -0.25) is 4.98 Å². The highest BCUT2D eigenvalue weighted by Gasteiger charge is 2.14. The molecule has 2 aromatic heterocycles. The van der Waals surface area contributed by atoms with Crippen LogP contribution in [0.15, 0.2) is 55.0 Å². The van der Waals surface area contributed by atoms with Gasteiger partial charge in [-0.2, -0.15) is 4.73 Å². The standard InChI is InChI=1S/C15H13N3O/c1-11-9-13(7-8-16-11)15-14(17-10-18(15)19)12-5-3-2-4-6-12/h2-10,19H,1H3. The summed E-state index contributed by atoms with van der Waals surface area (Å²) in [6.45, 7) is 1.92. The fourth-order valence-corrected chi connectivity index (χ4v) is 2.11. The van der Waals surface area contributed by atoms with Crippen molar-refractivity contribution in [2.45, 2.75) is 6.92 Å². The van der Waals surface area contributed by atoms with E-state index in [0.29, 0.717) is 5.69 Å². The summed E-state index contributed by atoms with van der Waals surface area (Å²) in [6.07, 6.45) is 3.14. The molecule has 0 amide bonds. The van der Waals surface area contributed by atoms with Gasteiger partial charge in [-0.15, -0.1) is 0 Å². The molecule has 2 heterocycles. The molecule has 0 bridgehead atoms. The molecular formula is C15H13N3O. The molecule has 0 unspecified atom stereocenters. The Kier molecular flexibility index (Phi) is 2.76. The van der Waals surface area contributed by atoms with Gasteiger partial charge in [0, 0.05) is 23.0 Å². The molecule has 19 heavy (non-hydrogen) atoms. The maximum atomic E-state index is 9.97. The van der Waals surface area contributed by atoms with E-state index >= 15 is 0 Å². The van der Waals surface area contributed by atoms with E-state index in [1.165, 1.54) is 6.33 Å². The predicted molar refractivity (Wildman–Crippen MR) is 72.8 cm³/mol. The highest BCUT2D eigenvalue weighted by atomic mass is 16.5. The van der Waals surface area contributed by atoms with E-state index in [4.69, 9.17) is 0 Å². The minimum Gasteiger partial charge on any atom is -0.427 e. The first-order chi connectivity index (χ1) is 9.25. The van der Waals surface area contributed by atoms with Crippen LogP contribution in [0.4, 0.5) is 0 Å². The van der Waals surface area contributed by atoms with Gasteiger partial charge in [0.15, 0.2) is 0 Å². The second-order valence-electron chi connectivity index (χ2n) is 4.34. The smallest absolute Gasteiger partial charge is 0.133 e. The third-order valence-corrected chi connectivity index (χ3v) is 2.97. The Bertz CT molecular complexity index is 704. The molecule has 3 aromatic rings. The first-order valence-corrected chi connectivity index (χ1v) is 6.01. The molecule has 4 nitrogen and oxygen atoms in total. The summed E-state index contributed by atoms with van der Waals surface area (Å²) in [7, 11) is 0. The summed E-state index contributed by atoms with van der Waals surface area (Å²) in [6, 6.07) is 13.6. The number of rotatable bonds is 2. The number of hydrogen-bond donors (Lipinski definition) is 1. The first-order valence-electron chi connectivity index (χ1n) is 6.01. The topological polar surface area (TPSA) is 50.9 Å². The minimum absolute atomic E-state index is 0.678. The third kappa shape index (κ3) is 2.08. The van der Waals surface area contributed by atoms with E-state index in [9.17, 15) is 5.21 Å². The second-order valence-corrected chi connectivity index (χ2v) is 4.34. The highest BCUT2D eigenvalue weighted by molar-refractivity contribution is 5.78. The lowest BCUT2D eigenvalue weighted by Crippen LogP contribution is -1.94. The SMILES string of the molecule is Cc1cc(-c2c(-c3ccccc3)ncn2O)ccn1. The summed E-state index contributed by atoms with van der Waals surface area (Å²) in [5, 5.41) is 9.97. The molecule has 0 fully saturated rings. The van der Waals surface area contributed by atoms with E-state index in [1.807, 2.05) is 49.4 Å². The monoisotopic (exact) mass is 251 g/mol. The number of pyridine rings is 1. The molecule has 0 atom stereocenters. The summed E-state index contributed by atoms with van der Waals surface area (Å²) in [5.74, 6) is 0. The largest absolute Gasteiger partial charge is 0.427 e. The Morgan fingerprint density at radius 1 is 1.00 bits per heavy atom. The van der Waals surface area contributed by atoms with Crippen LogP contribution in [0.25, 0.3) is 22.5 Å². The predicted octanol–water partition coefficient (Wildman–Crippen LogP) is 3.16. The maximum absolute atomic E-state index is 9.97. The number of aromatic nitrogens is 3. The van der Waals surface area contributed by atoms with E-state index < -0.39 is 0 Å². The lowest BCUT2D eigenvalue weighted by molar-refractivity contribution is 0.190. The van der Waals surface area contributed by atoms with E-state index in [0.717, 1.165) is 27.2 Å². The van der Waals surface area contributed by atoms with Gasteiger partial charge < -0.3 is 5.21 Å². The van der Waals surface area contributed by atoms with Crippen molar-refractivity contribution in [2.24, 2.45) is 0 Å². The molecule has 4 heteroatoms. The maximum Gasteiger partial charge on any atom is 0.133 e. The van der Waals surface area contributed by atoms with Crippen molar-refractivity contribution in [3.63, 3.8) is 0 Å². The zero-order valence-electron chi connectivity index (χ0n) is 10.5. The van der Waals surface area contributed by atoms with Crippen LogP contribution in [-0.4, -0.2) is 19.9 Å². The quantitative estimate of drug-likeness (QED) is 0.712. The van der Waals surface area contributed by atoms with Crippen LogP contribution in [0.5, 0.6) is 0 Å². The molecule has 1 N–H and O–H groups in total. The number of benzene rings is 1. The lowest BCUT2D eigenvalue weighted by Gasteiger charge is -2.06. The van der Waals surface area contributed by atoms with Gasteiger partial charge in [0.1, 0.15) is 12.0 Å². The normalized spacial score (nSPS) is 10.6. The molecular weight excluding hydrogens is 238 g/mol. The van der Waals surface area contributed by atoms with Crippen molar-refractivity contribution < 1.29 is 5.21 Å². The summed E-state index contributed by atoms with van der Waals surface area (Å²) in [5.41, 5.74) is 4.20. The Morgan fingerprint density at radius 2 is 1.79 bits per heavy atom. The van der Waals surface area contributed by atoms with Gasteiger partial charge in [0.05, 0.1) is 5.69 Å². The van der Waals surface area contributed by atoms with Crippen LogP contribution in [0.2, 0.25) is 0 Å². The Balaban J connectivity index is 2.20. The molecule has 1 aromatic carbocycles. The van der Waals surface area contributed by atoms with Gasteiger partial charge in [-0.1, -0.05) is 30.3 Å². The summed E-state index contributed by atoms with van der Waals surface area (Å²) in [4.78, 5) is 8.46. The van der Waals surface area contributed by atoms with Crippen LogP contribution in [-0.2, 0) is 0 Å². The molecule has 3 rings (SSSR count). The second kappa shape index (κ2) is 4.57. The molecule has 0 spiro atoms. The van der Waals surface area contributed by atoms with Crippen molar-refractivity contribution in [1.29, 1.82) is 0 Å². The Labute approximate surface area is 111 Å². The van der Waals surface area contributed by atoms with E-state index in [2.05, 4.69) is 9.97 Å². The van der Waals surface area contributed by atoms with E-state index in [1.54, 1.807) is 6.20 Å². The lowest BCUT2D eigenvalue weighted by atomic mass is 10.1. The number of nitrogens with zero attached hydrogens (tertiary/aromatic N) is 3. The van der Waals surface area contributed by atoms with Crippen LogP contribution in [0, 0.1) is 6.92 Å². The molecule has 0 aliphatic rings. The fourth-order valence-electron chi connectivity index (χ4n) is 2.11. The van der Waals surface area contributed by atoms with Crippen molar-refractivity contribution in [2.75, 3.05) is 0 Å². The average molecular weight is 251 g/mol. The van der Waals surface area contributed by atoms with Gasteiger partial charge in [-0.05, 0) is 19.1 Å². The van der Waals surface area contributed by atoms with Crippen molar-refractivity contribution in [1.82, 2.24) is 14.7 Å². The Morgan fingerprint density at radius 3 is 2.53 bits per heavy atom. The first kappa shape index (κ1) is 11.5. The number of aryl methyl sites for hydroxylation is 1. The van der Waals surface area contributed by atoms with Crippen LogP contribution >= 0.6 is 0 Å². The fraction of sp³-hybridized carbons (Fsp3) is 0.0667. The van der Waals surface area contributed by atoms with Gasteiger partial charge >= 0.3 is 0 Å².